The molecule has 3 amide bonds. The molecule has 19 heavy (non-hydrogen) atoms. The van der Waals surface area contributed by atoms with Crippen LogP contribution in [0.15, 0.2) is 0 Å². The van der Waals surface area contributed by atoms with Gasteiger partial charge in [-0.3, -0.25) is 9.59 Å². The van der Waals surface area contributed by atoms with Crippen LogP contribution in [0, 0.1) is 5.92 Å². The molecule has 0 aliphatic heterocycles. The van der Waals surface area contributed by atoms with Gasteiger partial charge in [0, 0.05) is 13.1 Å². The molecule has 1 aliphatic rings. The lowest BCUT2D eigenvalue weighted by atomic mass is 10.3. The number of urea groups is 1. The third kappa shape index (κ3) is 5.58. The first-order valence-corrected chi connectivity index (χ1v) is 6.49. The molecule has 0 aromatic heterocycles. The Balaban J connectivity index is 2.49. The summed E-state index contributed by atoms with van der Waals surface area (Å²) < 4.78 is 0. The molecule has 7 heteroatoms. The van der Waals surface area contributed by atoms with Crippen LogP contribution in [0.25, 0.3) is 0 Å². The SMILES string of the molecule is CCNC(=O)C(C)NC(=O)N(CC(=O)O)CC1CC1. The first-order valence-electron chi connectivity index (χ1n) is 6.49. The van der Waals surface area contributed by atoms with Crippen molar-refractivity contribution in [2.75, 3.05) is 19.6 Å². The summed E-state index contributed by atoms with van der Waals surface area (Å²) in [5, 5.41) is 13.9. The number of likely N-dealkylation sites (N-methyl/N-ethyl adjacent to an activating group) is 1. The molecule has 1 fully saturated rings. The molecule has 1 atom stereocenters. The fraction of sp³-hybridized carbons (Fsp3) is 0.750. The maximum atomic E-state index is 11.9. The molecule has 7 nitrogen and oxygen atoms in total. The molecule has 0 spiro atoms. The summed E-state index contributed by atoms with van der Waals surface area (Å²) in [5.41, 5.74) is 0. The van der Waals surface area contributed by atoms with Crippen molar-refractivity contribution in [1.82, 2.24) is 15.5 Å². The highest BCUT2D eigenvalue weighted by Crippen LogP contribution is 2.29. The number of amides is 3. The maximum absolute atomic E-state index is 11.9. The number of nitrogens with zero attached hydrogens (tertiary/aromatic N) is 1. The minimum absolute atomic E-state index is 0.280. The molecule has 108 valence electrons. The smallest absolute Gasteiger partial charge is 0.323 e. The molecule has 0 radical (unpaired) electrons. The third-order valence-corrected chi connectivity index (χ3v) is 2.87. The summed E-state index contributed by atoms with van der Waals surface area (Å²) in [6, 6.07) is -1.18. The van der Waals surface area contributed by atoms with Gasteiger partial charge < -0.3 is 20.6 Å². The molecular formula is C12H21N3O4. The Kier molecular flexibility index (Phi) is 5.59. The van der Waals surface area contributed by atoms with Crippen molar-refractivity contribution in [3.05, 3.63) is 0 Å². The Hall–Kier alpha value is -1.79. The lowest BCUT2D eigenvalue weighted by Gasteiger charge is -2.23. The van der Waals surface area contributed by atoms with Crippen LogP contribution in [0.5, 0.6) is 0 Å². The molecule has 3 N–H and O–H groups in total. The van der Waals surface area contributed by atoms with E-state index in [0.717, 1.165) is 12.8 Å². The highest BCUT2D eigenvalue weighted by molar-refractivity contribution is 5.87. The zero-order valence-electron chi connectivity index (χ0n) is 11.3. The van der Waals surface area contributed by atoms with Gasteiger partial charge in [0.05, 0.1) is 0 Å². The van der Waals surface area contributed by atoms with Crippen molar-refractivity contribution in [3.8, 4) is 0 Å². The van der Waals surface area contributed by atoms with Gasteiger partial charge >= 0.3 is 12.0 Å². The molecular weight excluding hydrogens is 250 g/mol. The first kappa shape index (κ1) is 15.3. The zero-order chi connectivity index (χ0) is 14.4. The normalized spacial score (nSPS) is 15.5. The number of carboxylic acid groups (broad SMARTS) is 1. The van der Waals surface area contributed by atoms with Crippen molar-refractivity contribution < 1.29 is 19.5 Å². The lowest BCUT2D eigenvalue weighted by molar-refractivity contribution is -0.137. The number of rotatable bonds is 7. The minimum Gasteiger partial charge on any atom is -0.480 e. The van der Waals surface area contributed by atoms with Gasteiger partial charge in [-0.15, -0.1) is 0 Å². The summed E-state index contributed by atoms with van der Waals surface area (Å²) in [5.74, 6) is -0.941. The van der Waals surface area contributed by atoms with Crippen LogP contribution < -0.4 is 10.6 Å². The standard InChI is InChI=1S/C12H21N3O4/c1-3-13-11(18)8(2)14-12(19)15(7-10(16)17)6-9-4-5-9/h8-9H,3-7H2,1-2H3,(H,13,18)(H,14,19)(H,16,17). The van der Waals surface area contributed by atoms with Crippen LogP contribution in [0.1, 0.15) is 26.7 Å². The second-order valence-electron chi connectivity index (χ2n) is 4.78. The van der Waals surface area contributed by atoms with E-state index < -0.39 is 18.0 Å². The van der Waals surface area contributed by atoms with Crippen molar-refractivity contribution >= 4 is 17.9 Å². The Labute approximate surface area is 112 Å². The highest BCUT2D eigenvalue weighted by atomic mass is 16.4. The molecule has 0 aromatic carbocycles. The van der Waals surface area contributed by atoms with Crippen LogP contribution in [-0.4, -0.2) is 53.6 Å². The quantitative estimate of drug-likeness (QED) is 0.607. The average molecular weight is 271 g/mol. The second-order valence-corrected chi connectivity index (χ2v) is 4.78. The van der Waals surface area contributed by atoms with E-state index in [2.05, 4.69) is 10.6 Å². The maximum Gasteiger partial charge on any atom is 0.323 e. The number of carbonyl (C=O) groups excluding carboxylic acids is 2. The Bertz CT molecular complexity index is 355. The van der Waals surface area contributed by atoms with E-state index in [0.29, 0.717) is 19.0 Å². The van der Waals surface area contributed by atoms with Crippen LogP contribution in [0.4, 0.5) is 4.79 Å². The van der Waals surface area contributed by atoms with Crippen molar-refractivity contribution in [2.24, 2.45) is 5.92 Å². The van der Waals surface area contributed by atoms with Crippen LogP contribution in [0.3, 0.4) is 0 Å². The van der Waals surface area contributed by atoms with Crippen LogP contribution in [-0.2, 0) is 9.59 Å². The zero-order valence-corrected chi connectivity index (χ0v) is 11.3. The number of hydrogen-bond donors (Lipinski definition) is 3. The van der Waals surface area contributed by atoms with E-state index >= 15 is 0 Å². The highest BCUT2D eigenvalue weighted by Gasteiger charge is 2.29. The molecule has 0 saturated heterocycles. The van der Waals surface area contributed by atoms with Gasteiger partial charge in [0.15, 0.2) is 0 Å². The van der Waals surface area contributed by atoms with Gasteiger partial charge in [-0.25, -0.2) is 4.79 Å². The average Bonchev–Trinajstić information content (AvgIpc) is 3.11. The van der Waals surface area contributed by atoms with Crippen LogP contribution >= 0.6 is 0 Å². The van der Waals surface area contributed by atoms with E-state index in [1.54, 1.807) is 13.8 Å². The Morgan fingerprint density at radius 1 is 1.37 bits per heavy atom. The molecule has 0 bridgehead atoms. The molecule has 1 unspecified atom stereocenters. The number of nitrogens with one attached hydrogen (secondary N) is 2. The van der Waals surface area contributed by atoms with Gasteiger partial charge in [-0.2, -0.15) is 0 Å². The van der Waals surface area contributed by atoms with Gasteiger partial charge in [0.2, 0.25) is 5.91 Å². The van der Waals surface area contributed by atoms with E-state index in [1.807, 2.05) is 0 Å². The molecule has 1 saturated carbocycles. The summed E-state index contributed by atoms with van der Waals surface area (Å²) in [6.45, 7) is 3.93. The van der Waals surface area contributed by atoms with Gasteiger partial charge in [-0.05, 0) is 32.6 Å². The molecule has 0 aromatic rings. The largest absolute Gasteiger partial charge is 0.480 e. The fourth-order valence-corrected chi connectivity index (χ4v) is 1.66. The number of carbonyl (C=O) groups is 3. The van der Waals surface area contributed by atoms with E-state index in [1.165, 1.54) is 4.90 Å². The van der Waals surface area contributed by atoms with Crippen molar-refractivity contribution in [1.29, 1.82) is 0 Å². The number of aliphatic carboxylic acids is 1. The number of hydrogen-bond acceptors (Lipinski definition) is 3. The summed E-state index contributed by atoms with van der Waals surface area (Å²) in [7, 11) is 0. The molecule has 1 aliphatic carbocycles. The summed E-state index contributed by atoms with van der Waals surface area (Å²) >= 11 is 0. The Morgan fingerprint density at radius 2 is 2.00 bits per heavy atom. The van der Waals surface area contributed by atoms with Gasteiger partial charge in [0.25, 0.3) is 0 Å². The van der Waals surface area contributed by atoms with E-state index in [9.17, 15) is 14.4 Å². The third-order valence-electron chi connectivity index (χ3n) is 2.87. The second kappa shape index (κ2) is 6.96. The molecule has 1 rings (SSSR count). The topological polar surface area (TPSA) is 98.7 Å². The van der Waals surface area contributed by atoms with E-state index in [4.69, 9.17) is 5.11 Å². The van der Waals surface area contributed by atoms with Gasteiger partial charge in [0.1, 0.15) is 12.6 Å². The van der Waals surface area contributed by atoms with Gasteiger partial charge in [-0.1, -0.05) is 0 Å². The summed E-state index contributed by atoms with van der Waals surface area (Å²) in [6.07, 6.45) is 2.05. The lowest BCUT2D eigenvalue weighted by Crippen LogP contribution is -2.51. The number of carboxylic acids is 1. The minimum atomic E-state index is -1.05. The monoisotopic (exact) mass is 271 g/mol. The predicted octanol–water partition coefficient (Wildman–Crippen LogP) is 0.0172. The van der Waals surface area contributed by atoms with Crippen molar-refractivity contribution in [3.63, 3.8) is 0 Å². The molecule has 0 heterocycles. The fourth-order valence-electron chi connectivity index (χ4n) is 1.66. The Morgan fingerprint density at radius 3 is 2.47 bits per heavy atom. The van der Waals surface area contributed by atoms with Crippen molar-refractivity contribution in [2.45, 2.75) is 32.7 Å². The summed E-state index contributed by atoms with van der Waals surface area (Å²) in [4.78, 5) is 35.4. The van der Waals surface area contributed by atoms with Crippen LogP contribution in [0.2, 0.25) is 0 Å². The van der Waals surface area contributed by atoms with E-state index in [-0.39, 0.29) is 12.5 Å². The first-order chi connectivity index (χ1) is 8.93. The predicted molar refractivity (Wildman–Crippen MR) is 68.6 cm³/mol.